The summed E-state index contributed by atoms with van der Waals surface area (Å²) < 4.78 is 107. The predicted molar refractivity (Wildman–Crippen MR) is 517 cm³/mol. The number of amides is 10. The number of rotatable bonds is 32. The minimum Gasteiger partial charge on any atom is -0.497 e. The van der Waals surface area contributed by atoms with E-state index < -0.39 is 88.2 Å². The molecule has 5 heterocycles. The number of aromatic nitrogens is 5. The Bertz CT molecular complexity index is 7010. The van der Waals surface area contributed by atoms with Crippen LogP contribution in [0.25, 0.3) is 0 Å². The Morgan fingerprint density at radius 2 is 0.563 bits per heavy atom. The highest BCUT2D eigenvalue weighted by molar-refractivity contribution is 6.30. The Hall–Kier alpha value is -18.8. The van der Waals surface area contributed by atoms with Gasteiger partial charge in [0.2, 0.25) is 29.5 Å². The van der Waals surface area contributed by atoms with Crippen LogP contribution in [0.1, 0.15) is 143 Å². The summed E-state index contributed by atoms with van der Waals surface area (Å²) >= 11 is 5.70. The largest absolute Gasteiger partial charge is 0.497 e. The van der Waals surface area contributed by atoms with Gasteiger partial charge in [-0.05, 0) is 217 Å². The third-order valence-corrected chi connectivity index (χ3v) is 20.0. The standard InChI is InChI=1S/2C21H18FN3O4.2C21H18FN3O3.C20H15ClFN3O3/c1-28-16-5-6-18(19(22)9-16)21(27)25-15-4-2-3-13(7-15)12-29-17-8-14(20(23)26)10-24-11-17;1-28-19-6-5-14(9-18(19)22)21(27)25-16-4-2-3-13(7-16)12-29-17-8-15(20(23)26)10-24-11-17;1-13-5-6-15(9-19(13)22)21(27)25-17-4-2-3-14(7-17)12-28-18-8-16(20(23)26)10-24-11-18;1-13-5-6-18(19(22)7-13)21(27)25-16-4-2-3-14(8-16)12-28-17-9-15(20(23)26)10-24-11-17;21-14-4-5-17(18(22)8-14)20(27)25-15-3-1-2-12(6-15)11-28-16-7-13(19(23)26)9-24-10-16/h2*2-11H,12H2,1H3,(H2,23,26)(H,25,27);2*2-11H,12H2,1H3,(H2,23,26)(H,25,27);1-10H,11H2,(H2,23,26)(H,25,27). The summed E-state index contributed by atoms with van der Waals surface area (Å²) in [5, 5.41) is 13.6. The fourth-order valence-corrected chi connectivity index (χ4v) is 12.7. The normalized spacial score (nSPS) is 10.3. The van der Waals surface area contributed by atoms with Crippen LogP contribution >= 0.6 is 11.6 Å². The van der Waals surface area contributed by atoms with Gasteiger partial charge >= 0.3 is 0 Å². The van der Waals surface area contributed by atoms with E-state index in [9.17, 15) is 69.9 Å². The minimum absolute atomic E-state index is 0.0263. The molecular formula is C104H87ClF5N15O17. The van der Waals surface area contributed by atoms with E-state index in [4.69, 9.17) is 73.4 Å². The molecule has 0 radical (unpaired) electrons. The molecule has 0 bridgehead atoms. The topological polar surface area (TPSA) is 490 Å². The summed E-state index contributed by atoms with van der Waals surface area (Å²) in [6.07, 6.45) is 14.1. The Kier molecular flexibility index (Phi) is 37.0. The van der Waals surface area contributed by atoms with Crippen LogP contribution in [0.5, 0.6) is 40.2 Å². The smallest absolute Gasteiger partial charge is 0.258 e. The quantitative estimate of drug-likeness (QED) is 0.0175. The Morgan fingerprint density at radius 1 is 0.275 bits per heavy atom. The number of hydrogen-bond acceptors (Lipinski definition) is 22. The lowest BCUT2D eigenvalue weighted by Crippen LogP contribution is -2.14. The zero-order chi connectivity index (χ0) is 102. The molecule has 32 nitrogen and oxygen atoms in total. The molecule has 38 heteroatoms. The van der Waals surface area contributed by atoms with Crippen LogP contribution in [-0.2, 0) is 33.0 Å². The van der Waals surface area contributed by atoms with Crippen LogP contribution in [-0.4, -0.2) is 98.2 Å². The maximum Gasteiger partial charge on any atom is 0.258 e. The van der Waals surface area contributed by atoms with Crippen LogP contribution in [0.2, 0.25) is 5.02 Å². The van der Waals surface area contributed by atoms with Crippen LogP contribution < -0.4 is 88.4 Å². The van der Waals surface area contributed by atoms with E-state index in [0.29, 0.717) is 68.5 Å². The molecular weight excluding hydrogens is 1860 g/mol. The van der Waals surface area contributed by atoms with E-state index in [1.165, 1.54) is 161 Å². The molecule has 15 N–H and O–H groups in total. The van der Waals surface area contributed by atoms with Gasteiger partial charge in [0.25, 0.3) is 29.5 Å². The van der Waals surface area contributed by atoms with Gasteiger partial charge in [-0.3, -0.25) is 72.9 Å². The van der Waals surface area contributed by atoms with E-state index in [0.717, 1.165) is 51.6 Å². The van der Waals surface area contributed by atoms with Crippen molar-refractivity contribution in [1.29, 1.82) is 0 Å². The summed E-state index contributed by atoms with van der Waals surface area (Å²) in [4.78, 5) is 137. The van der Waals surface area contributed by atoms with Gasteiger partial charge < -0.3 is 88.4 Å². The first-order valence-electron chi connectivity index (χ1n) is 42.2. The van der Waals surface area contributed by atoms with Gasteiger partial charge in [0.1, 0.15) is 90.8 Å². The van der Waals surface area contributed by atoms with Crippen LogP contribution in [0.3, 0.4) is 0 Å². The number of methoxy groups -OCH3 is 2. The molecule has 0 saturated heterocycles. The number of primary amides is 5. The molecule has 0 aliphatic rings. The number of benzene rings is 10. The van der Waals surface area contributed by atoms with Gasteiger partial charge in [-0.15, -0.1) is 0 Å². The molecule has 0 atom stereocenters. The Balaban J connectivity index is 0.000000169. The predicted octanol–water partition coefficient (Wildman–Crippen LogP) is 17.0. The molecule has 0 spiro atoms. The van der Waals surface area contributed by atoms with E-state index in [1.54, 1.807) is 135 Å². The van der Waals surface area contributed by atoms with E-state index >= 15 is 0 Å². The summed E-state index contributed by atoms with van der Waals surface area (Å²) in [7, 11) is 2.77. The molecule has 15 aromatic rings. The number of hydrogen-bond donors (Lipinski definition) is 10. The lowest BCUT2D eigenvalue weighted by Gasteiger charge is -2.10. The van der Waals surface area contributed by atoms with Crippen molar-refractivity contribution in [1.82, 2.24) is 24.9 Å². The lowest BCUT2D eigenvalue weighted by atomic mass is 10.1. The molecule has 10 aromatic carbocycles. The third kappa shape index (κ3) is 31.6. The molecule has 5 aromatic heterocycles. The van der Waals surface area contributed by atoms with Crippen LogP contribution in [0.15, 0.2) is 305 Å². The molecule has 0 fully saturated rings. The fraction of sp³-hybridized carbons (Fsp3) is 0.0865. The highest BCUT2D eigenvalue weighted by Gasteiger charge is 2.20. The summed E-state index contributed by atoms with van der Waals surface area (Å²) in [5.41, 5.74) is 35.1. The number of nitrogens with zero attached hydrogens (tertiary/aromatic N) is 5. The lowest BCUT2D eigenvalue weighted by molar-refractivity contribution is 0.0991. The van der Waals surface area contributed by atoms with Crippen molar-refractivity contribution in [2.24, 2.45) is 28.7 Å². The number of carbonyl (C=O) groups is 10. The third-order valence-electron chi connectivity index (χ3n) is 19.8. The fourth-order valence-electron chi connectivity index (χ4n) is 12.5. The molecule has 0 aliphatic carbocycles. The number of pyridine rings is 5. The minimum atomic E-state index is -0.702. The molecule has 0 unspecified atom stereocenters. The van der Waals surface area contributed by atoms with Crippen molar-refractivity contribution in [3.05, 3.63) is 433 Å². The molecule has 722 valence electrons. The van der Waals surface area contributed by atoms with E-state index in [-0.39, 0.29) is 99.4 Å². The summed E-state index contributed by atoms with van der Waals surface area (Å²) in [5.74, 6) is -6.19. The number of halogens is 6. The second-order valence-electron chi connectivity index (χ2n) is 30.4. The van der Waals surface area contributed by atoms with Crippen molar-refractivity contribution < 1.29 is 103 Å². The average Bonchev–Trinajstić information content (AvgIpc) is 0.851. The first kappa shape index (κ1) is 104. The van der Waals surface area contributed by atoms with Crippen molar-refractivity contribution >= 4 is 99.1 Å². The maximum atomic E-state index is 14.1. The molecule has 10 amide bonds. The van der Waals surface area contributed by atoms with Crippen LogP contribution in [0.4, 0.5) is 50.4 Å². The summed E-state index contributed by atoms with van der Waals surface area (Å²) in [6.45, 7) is 4.30. The van der Waals surface area contributed by atoms with Crippen LogP contribution in [0, 0.1) is 42.9 Å². The van der Waals surface area contributed by atoms with Gasteiger partial charge in [-0.2, -0.15) is 0 Å². The van der Waals surface area contributed by atoms with Gasteiger partial charge in [0.15, 0.2) is 11.6 Å². The molecule has 15 rings (SSSR count). The Labute approximate surface area is 812 Å². The zero-order valence-electron chi connectivity index (χ0n) is 75.7. The van der Waals surface area contributed by atoms with E-state index in [2.05, 4.69) is 51.5 Å². The number of nitrogens with two attached hydrogens (primary N) is 5. The highest BCUT2D eigenvalue weighted by atomic mass is 35.5. The number of nitrogens with one attached hydrogen (secondary N) is 5. The first-order valence-corrected chi connectivity index (χ1v) is 42.6. The van der Waals surface area contributed by atoms with Crippen molar-refractivity contribution in [2.45, 2.75) is 46.9 Å². The summed E-state index contributed by atoms with van der Waals surface area (Å²) in [6, 6.07) is 62.9. The van der Waals surface area contributed by atoms with Gasteiger partial charge in [-0.25, -0.2) is 22.0 Å². The number of anilines is 5. The van der Waals surface area contributed by atoms with Gasteiger partial charge in [0, 0.05) is 81.6 Å². The van der Waals surface area contributed by atoms with Gasteiger partial charge in [0.05, 0.1) is 89.7 Å². The van der Waals surface area contributed by atoms with Crippen molar-refractivity contribution in [2.75, 3.05) is 40.8 Å². The second kappa shape index (κ2) is 50.7. The zero-order valence-corrected chi connectivity index (χ0v) is 76.5. The van der Waals surface area contributed by atoms with E-state index in [1.807, 2.05) is 18.2 Å². The highest BCUT2D eigenvalue weighted by Crippen LogP contribution is 2.28. The molecule has 0 saturated carbocycles. The SMILES string of the molecule is COc1ccc(C(=O)Nc2cccc(COc3cncc(C(N)=O)c3)c2)c(F)c1.COc1ccc(C(=O)Nc2cccc(COc3cncc(C(N)=O)c3)c2)cc1F.Cc1ccc(C(=O)Nc2cccc(COc3cncc(C(N)=O)c3)c2)c(F)c1.Cc1ccc(C(=O)Nc2cccc(COc3cncc(C(N)=O)c3)c2)cc1F.NC(=O)c1cncc(OCc2cccc(NC(=O)c3ccc(Cl)cc3F)c2)c1. The maximum absolute atomic E-state index is 14.1. The number of aryl methyl sites for hydroxylation is 2. The number of ether oxygens (including phenoxy) is 7. The number of carbonyl (C=O) groups excluding carboxylic acids is 10. The monoisotopic (exact) mass is 1950 g/mol. The Morgan fingerprint density at radius 3 is 0.845 bits per heavy atom. The van der Waals surface area contributed by atoms with Gasteiger partial charge in [-0.1, -0.05) is 84.4 Å². The van der Waals surface area contributed by atoms with Crippen molar-refractivity contribution in [3.63, 3.8) is 0 Å². The van der Waals surface area contributed by atoms with Crippen molar-refractivity contribution in [3.8, 4) is 40.2 Å². The average molecular weight is 1950 g/mol. The molecule has 0 aliphatic heterocycles. The second-order valence-corrected chi connectivity index (χ2v) is 30.8. The first-order chi connectivity index (χ1) is 68.2. The molecule has 142 heavy (non-hydrogen) atoms.